The molecule has 1 aliphatic heterocycles. The first-order chi connectivity index (χ1) is 14.2. The molecule has 0 unspecified atom stereocenters. The van der Waals surface area contributed by atoms with Gasteiger partial charge in [0.25, 0.3) is 5.91 Å². The minimum Gasteiger partial charge on any atom is -0.321 e. The fourth-order valence-electron chi connectivity index (χ4n) is 3.50. The summed E-state index contributed by atoms with van der Waals surface area (Å²) in [5.74, 6) is -0.0983. The highest BCUT2D eigenvalue weighted by molar-refractivity contribution is 9.10. The maximum atomic E-state index is 12.6. The lowest BCUT2D eigenvalue weighted by Gasteiger charge is -2.02. The van der Waals surface area contributed by atoms with E-state index in [2.05, 4.69) is 21.2 Å². The molecular weight excluding hydrogens is 426 g/mol. The summed E-state index contributed by atoms with van der Waals surface area (Å²) in [7, 11) is 0. The lowest BCUT2D eigenvalue weighted by molar-refractivity contribution is -0.110. The summed E-state index contributed by atoms with van der Waals surface area (Å²) in [6.07, 6.45) is 3.89. The highest BCUT2D eigenvalue weighted by Gasteiger charge is 2.24. The predicted octanol–water partition coefficient (Wildman–Crippen LogP) is 5.79. The molecule has 1 aromatic heterocycles. The van der Waals surface area contributed by atoms with Crippen LogP contribution in [0.4, 0.5) is 5.69 Å². The van der Waals surface area contributed by atoms with Crippen molar-refractivity contribution in [3.05, 3.63) is 101 Å². The van der Waals surface area contributed by atoms with Crippen molar-refractivity contribution < 1.29 is 4.79 Å². The SMILES string of the molecule is O=C1Nc2ccccc2/C1=C\c1cn(-c2ccccc2)nc1-c1cccc(Br)c1. The fraction of sp³-hybridized carbons (Fsp3) is 0. The first-order valence-electron chi connectivity index (χ1n) is 9.22. The maximum absolute atomic E-state index is 12.6. The predicted molar refractivity (Wildman–Crippen MR) is 120 cm³/mol. The van der Waals surface area contributed by atoms with E-state index < -0.39 is 0 Å². The molecule has 0 fully saturated rings. The van der Waals surface area contributed by atoms with Crippen molar-refractivity contribution >= 4 is 39.2 Å². The minimum absolute atomic E-state index is 0.0983. The summed E-state index contributed by atoms with van der Waals surface area (Å²) < 4.78 is 2.83. The average molecular weight is 442 g/mol. The van der Waals surface area contributed by atoms with Gasteiger partial charge in [0.05, 0.1) is 5.69 Å². The first kappa shape index (κ1) is 17.6. The van der Waals surface area contributed by atoms with Crippen molar-refractivity contribution in [2.45, 2.75) is 0 Å². The number of carbonyl (C=O) groups excluding carboxylic acids is 1. The number of carbonyl (C=O) groups is 1. The van der Waals surface area contributed by atoms with Crippen LogP contribution in [0, 0.1) is 0 Å². The molecule has 0 atom stereocenters. The van der Waals surface area contributed by atoms with Crippen molar-refractivity contribution in [3.8, 4) is 16.9 Å². The van der Waals surface area contributed by atoms with Crippen LogP contribution < -0.4 is 5.32 Å². The number of nitrogens with zero attached hydrogens (tertiary/aromatic N) is 2. The third kappa shape index (κ3) is 3.30. The Hall–Kier alpha value is -3.44. The number of hydrogen-bond donors (Lipinski definition) is 1. The normalized spacial score (nSPS) is 14.1. The summed E-state index contributed by atoms with van der Waals surface area (Å²) in [6, 6.07) is 25.7. The summed E-state index contributed by atoms with van der Waals surface area (Å²) >= 11 is 3.54. The van der Waals surface area contributed by atoms with Crippen molar-refractivity contribution in [1.29, 1.82) is 0 Å². The summed E-state index contributed by atoms with van der Waals surface area (Å²) in [5, 5.41) is 7.77. The molecule has 4 nitrogen and oxygen atoms in total. The Morgan fingerprint density at radius 1 is 0.931 bits per heavy atom. The molecule has 4 aromatic rings. The van der Waals surface area contributed by atoms with Gasteiger partial charge in [0, 0.05) is 38.6 Å². The number of fused-ring (bicyclic) bond motifs is 1. The zero-order valence-electron chi connectivity index (χ0n) is 15.3. The van der Waals surface area contributed by atoms with Gasteiger partial charge in [0.2, 0.25) is 0 Å². The maximum Gasteiger partial charge on any atom is 0.256 e. The van der Waals surface area contributed by atoms with Gasteiger partial charge in [-0.3, -0.25) is 4.79 Å². The Labute approximate surface area is 176 Å². The van der Waals surface area contributed by atoms with Crippen molar-refractivity contribution in [2.75, 3.05) is 5.32 Å². The van der Waals surface area contributed by atoms with Crippen LogP contribution in [0.2, 0.25) is 0 Å². The van der Waals surface area contributed by atoms with Crippen LogP contribution in [-0.4, -0.2) is 15.7 Å². The molecule has 0 saturated carbocycles. The highest BCUT2D eigenvalue weighted by Crippen LogP contribution is 2.35. The first-order valence-corrected chi connectivity index (χ1v) is 10.0. The highest BCUT2D eigenvalue weighted by atomic mass is 79.9. The number of nitrogens with one attached hydrogen (secondary N) is 1. The van der Waals surface area contributed by atoms with Gasteiger partial charge in [-0.05, 0) is 36.4 Å². The second-order valence-electron chi connectivity index (χ2n) is 6.78. The van der Waals surface area contributed by atoms with Crippen molar-refractivity contribution in [2.24, 2.45) is 0 Å². The lowest BCUT2D eigenvalue weighted by Crippen LogP contribution is -2.03. The Morgan fingerprint density at radius 3 is 2.55 bits per heavy atom. The van der Waals surface area contributed by atoms with Crippen molar-refractivity contribution in [1.82, 2.24) is 9.78 Å². The van der Waals surface area contributed by atoms with Crippen LogP contribution in [0.15, 0.2) is 89.5 Å². The van der Waals surface area contributed by atoms with E-state index in [0.717, 1.165) is 38.2 Å². The molecule has 0 radical (unpaired) electrons. The molecule has 1 amide bonds. The van der Waals surface area contributed by atoms with E-state index in [1.807, 2.05) is 95.8 Å². The van der Waals surface area contributed by atoms with E-state index in [9.17, 15) is 4.79 Å². The van der Waals surface area contributed by atoms with E-state index >= 15 is 0 Å². The number of halogens is 1. The fourth-order valence-corrected chi connectivity index (χ4v) is 3.90. The zero-order valence-corrected chi connectivity index (χ0v) is 16.9. The van der Waals surface area contributed by atoms with Gasteiger partial charge >= 0.3 is 0 Å². The third-order valence-corrected chi connectivity index (χ3v) is 5.36. The van der Waals surface area contributed by atoms with E-state index in [-0.39, 0.29) is 5.91 Å². The van der Waals surface area contributed by atoms with Crippen LogP contribution in [0.3, 0.4) is 0 Å². The second-order valence-corrected chi connectivity index (χ2v) is 7.70. The van der Waals surface area contributed by atoms with Crippen LogP contribution in [0.1, 0.15) is 11.1 Å². The summed E-state index contributed by atoms with van der Waals surface area (Å²) in [6.45, 7) is 0. The van der Waals surface area contributed by atoms with E-state index in [1.54, 1.807) is 0 Å². The summed E-state index contributed by atoms with van der Waals surface area (Å²) in [5.41, 5.74) is 6.03. The van der Waals surface area contributed by atoms with Crippen LogP contribution in [0.5, 0.6) is 0 Å². The number of anilines is 1. The van der Waals surface area contributed by atoms with Gasteiger partial charge in [-0.15, -0.1) is 0 Å². The molecule has 5 rings (SSSR count). The zero-order chi connectivity index (χ0) is 19.8. The van der Waals surface area contributed by atoms with Crippen LogP contribution in [0.25, 0.3) is 28.6 Å². The van der Waals surface area contributed by atoms with Gasteiger partial charge in [-0.1, -0.05) is 64.5 Å². The molecule has 1 aliphatic rings. The van der Waals surface area contributed by atoms with Crippen molar-refractivity contribution in [3.63, 3.8) is 0 Å². The van der Waals surface area contributed by atoms with Crippen LogP contribution >= 0.6 is 15.9 Å². The Morgan fingerprint density at radius 2 is 1.72 bits per heavy atom. The average Bonchev–Trinajstić information content (AvgIpc) is 3.30. The Kier molecular flexibility index (Phi) is 4.37. The Balaban J connectivity index is 1.70. The van der Waals surface area contributed by atoms with Gasteiger partial charge in [-0.2, -0.15) is 5.10 Å². The molecule has 2 heterocycles. The molecule has 29 heavy (non-hydrogen) atoms. The van der Waals surface area contributed by atoms with Gasteiger partial charge in [-0.25, -0.2) is 4.68 Å². The molecule has 0 saturated heterocycles. The Bertz CT molecular complexity index is 1260. The number of rotatable bonds is 3. The molecule has 0 aliphatic carbocycles. The molecule has 140 valence electrons. The molecular formula is C24H16BrN3O. The largest absolute Gasteiger partial charge is 0.321 e. The van der Waals surface area contributed by atoms with Gasteiger partial charge < -0.3 is 5.32 Å². The quantitative estimate of drug-likeness (QED) is 0.408. The smallest absolute Gasteiger partial charge is 0.256 e. The summed E-state index contributed by atoms with van der Waals surface area (Å²) in [4.78, 5) is 12.6. The minimum atomic E-state index is -0.0983. The second kappa shape index (κ2) is 7.18. The molecule has 5 heteroatoms. The number of hydrogen-bond acceptors (Lipinski definition) is 2. The molecule has 0 bridgehead atoms. The number of amides is 1. The number of benzene rings is 3. The van der Waals surface area contributed by atoms with Gasteiger partial charge in [0.1, 0.15) is 5.69 Å². The lowest BCUT2D eigenvalue weighted by atomic mass is 10.0. The van der Waals surface area contributed by atoms with Crippen LogP contribution in [-0.2, 0) is 4.79 Å². The van der Waals surface area contributed by atoms with E-state index in [1.165, 1.54) is 0 Å². The van der Waals surface area contributed by atoms with E-state index in [0.29, 0.717) is 5.57 Å². The topological polar surface area (TPSA) is 46.9 Å². The number of para-hydroxylation sites is 2. The monoisotopic (exact) mass is 441 g/mol. The molecule has 0 spiro atoms. The standard InChI is InChI=1S/C24H16BrN3O/c25-18-8-6-7-16(13-18)23-17(15-28(27-23)19-9-2-1-3-10-19)14-21-20-11-4-5-12-22(20)26-24(21)29/h1-15H,(H,26,29)/b21-14+. The molecule has 1 N–H and O–H groups in total. The third-order valence-electron chi connectivity index (χ3n) is 4.87. The molecule has 3 aromatic carbocycles. The van der Waals surface area contributed by atoms with E-state index in [4.69, 9.17) is 5.10 Å². The number of aromatic nitrogens is 2. The van der Waals surface area contributed by atoms with Gasteiger partial charge in [0.15, 0.2) is 0 Å².